The average Bonchev–Trinajstić information content (AvgIpc) is 3.00. The zero-order chi connectivity index (χ0) is 18.5. The average molecular weight is 375 g/mol. The molecular formula is C20H30N4OS. The van der Waals surface area contributed by atoms with Crippen molar-refractivity contribution in [3.8, 4) is 0 Å². The lowest BCUT2D eigenvalue weighted by Crippen LogP contribution is -2.38. The molecule has 6 heteroatoms. The van der Waals surface area contributed by atoms with Gasteiger partial charge in [0.25, 0.3) is 0 Å². The van der Waals surface area contributed by atoms with Crippen molar-refractivity contribution < 1.29 is 4.79 Å². The van der Waals surface area contributed by atoms with Crippen LogP contribution < -0.4 is 11.5 Å². The maximum Gasteiger partial charge on any atom is 0.250 e. The number of hydrogen-bond donors (Lipinski definition) is 2. The predicted octanol–water partition coefficient (Wildman–Crippen LogP) is 3.53. The van der Waals surface area contributed by atoms with Crippen molar-refractivity contribution >= 4 is 34.8 Å². The largest absolute Gasteiger partial charge is 0.387 e. The van der Waals surface area contributed by atoms with Crippen molar-refractivity contribution in [2.45, 2.75) is 45.4 Å². The van der Waals surface area contributed by atoms with Crippen LogP contribution in [0.1, 0.15) is 50.3 Å². The number of carbonyl (C=O) groups excluding carboxylic acids is 1. The van der Waals surface area contributed by atoms with Crippen LogP contribution in [0.5, 0.6) is 0 Å². The van der Waals surface area contributed by atoms with E-state index in [1.165, 1.54) is 25.7 Å². The van der Waals surface area contributed by atoms with E-state index in [1.54, 1.807) is 11.3 Å². The molecule has 0 spiro atoms. The predicted molar refractivity (Wildman–Crippen MR) is 110 cm³/mol. The highest BCUT2D eigenvalue weighted by Crippen LogP contribution is 2.32. The molecule has 1 amide bonds. The van der Waals surface area contributed by atoms with E-state index in [4.69, 9.17) is 11.5 Å². The third kappa shape index (κ3) is 4.54. The summed E-state index contributed by atoms with van der Waals surface area (Å²) in [7, 11) is 0. The van der Waals surface area contributed by atoms with Crippen molar-refractivity contribution in [2.75, 3.05) is 19.6 Å². The van der Waals surface area contributed by atoms with Crippen molar-refractivity contribution in [1.82, 2.24) is 4.90 Å². The van der Waals surface area contributed by atoms with Crippen LogP contribution in [-0.2, 0) is 4.79 Å². The monoisotopic (exact) mass is 374 g/mol. The Morgan fingerprint density at radius 2 is 2.04 bits per heavy atom. The molecule has 1 aliphatic heterocycles. The lowest BCUT2D eigenvalue weighted by atomic mass is 9.82. The van der Waals surface area contributed by atoms with Gasteiger partial charge in [0.1, 0.15) is 5.84 Å². The second-order valence-electron chi connectivity index (χ2n) is 7.49. The molecule has 0 aromatic carbocycles. The zero-order valence-electron chi connectivity index (χ0n) is 15.6. The summed E-state index contributed by atoms with van der Waals surface area (Å²) in [5.41, 5.74) is 13.5. The molecule has 5 nitrogen and oxygen atoms in total. The van der Waals surface area contributed by atoms with Gasteiger partial charge in [-0.1, -0.05) is 6.92 Å². The molecular weight excluding hydrogens is 344 g/mol. The normalized spacial score (nSPS) is 22.8. The van der Waals surface area contributed by atoms with Crippen LogP contribution >= 0.6 is 11.3 Å². The summed E-state index contributed by atoms with van der Waals surface area (Å²) in [5.74, 6) is 1.89. The molecule has 1 aliphatic carbocycles. The maximum absolute atomic E-state index is 13.2. The van der Waals surface area contributed by atoms with Crippen molar-refractivity contribution in [3.63, 3.8) is 0 Å². The molecule has 4 N–H and O–H groups in total. The maximum atomic E-state index is 13.2. The first kappa shape index (κ1) is 19.1. The van der Waals surface area contributed by atoms with Crippen LogP contribution in [0.2, 0.25) is 0 Å². The number of fused-ring (bicyclic) bond motifs is 1. The molecule has 0 unspecified atom stereocenters. The Morgan fingerprint density at radius 3 is 2.73 bits per heavy atom. The minimum atomic E-state index is 0.118. The summed E-state index contributed by atoms with van der Waals surface area (Å²) in [4.78, 5) is 20.7. The molecule has 142 valence electrons. The van der Waals surface area contributed by atoms with Crippen LogP contribution in [0.4, 0.5) is 5.69 Å². The van der Waals surface area contributed by atoms with E-state index in [-0.39, 0.29) is 5.91 Å². The lowest BCUT2D eigenvalue weighted by molar-refractivity contribution is -0.128. The molecule has 0 radical (unpaired) electrons. The highest BCUT2D eigenvalue weighted by atomic mass is 32.1. The topological polar surface area (TPSA) is 84.7 Å². The van der Waals surface area contributed by atoms with E-state index in [2.05, 4.69) is 11.9 Å². The molecule has 1 saturated carbocycles. The molecule has 0 bridgehead atoms. The molecule has 2 heterocycles. The quantitative estimate of drug-likeness (QED) is 0.799. The number of carbonyl (C=O) groups is 1. The van der Waals surface area contributed by atoms with Crippen molar-refractivity contribution in [2.24, 2.45) is 28.3 Å². The standard InChI is InChI=1S/C20H30N4OS/c1-2-8-24(13-15-5-3-14(12-21)4-6-15)20(25)16-10-18-17(7-9-26-18)23-19(22)11-16/h7,9-10,14-15H,2-6,8,11-13,21H2,1H3,(H2,22,23)/t14-,15-. The number of nitrogens with two attached hydrogens (primary N) is 2. The van der Waals surface area contributed by atoms with Gasteiger partial charge in [-0.2, -0.15) is 0 Å². The number of amides is 1. The second kappa shape index (κ2) is 8.82. The van der Waals surface area contributed by atoms with Gasteiger partial charge in [0.2, 0.25) is 5.91 Å². The highest BCUT2D eigenvalue weighted by molar-refractivity contribution is 7.11. The van der Waals surface area contributed by atoms with E-state index in [0.29, 0.717) is 24.1 Å². The van der Waals surface area contributed by atoms with Crippen molar-refractivity contribution in [3.05, 3.63) is 21.9 Å². The molecule has 1 aromatic heterocycles. The molecule has 0 saturated heterocycles. The summed E-state index contributed by atoms with van der Waals surface area (Å²) in [6, 6.07) is 1.95. The first-order valence-electron chi connectivity index (χ1n) is 9.71. The Balaban J connectivity index is 1.72. The van der Waals surface area contributed by atoms with Gasteiger partial charge >= 0.3 is 0 Å². The van der Waals surface area contributed by atoms with Gasteiger partial charge in [0.05, 0.1) is 10.6 Å². The first-order chi connectivity index (χ1) is 12.6. The molecule has 1 aromatic rings. The number of hydrogen-bond acceptors (Lipinski definition) is 5. The molecule has 3 rings (SSSR count). The molecule has 0 atom stereocenters. The van der Waals surface area contributed by atoms with Crippen LogP contribution in [-0.4, -0.2) is 36.3 Å². The fourth-order valence-corrected chi connectivity index (χ4v) is 4.75. The number of thiophene rings is 1. The fraction of sp³-hybridized carbons (Fsp3) is 0.600. The van der Waals surface area contributed by atoms with Crippen LogP contribution in [0.3, 0.4) is 0 Å². The van der Waals surface area contributed by atoms with Gasteiger partial charge in [-0.15, -0.1) is 11.3 Å². The van der Waals surface area contributed by atoms with Crippen LogP contribution in [0.25, 0.3) is 6.08 Å². The van der Waals surface area contributed by atoms with Gasteiger partial charge in [-0.05, 0) is 68.0 Å². The van der Waals surface area contributed by atoms with Crippen LogP contribution in [0, 0.1) is 11.8 Å². The smallest absolute Gasteiger partial charge is 0.250 e. The van der Waals surface area contributed by atoms with Crippen LogP contribution in [0.15, 0.2) is 22.0 Å². The Morgan fingerprint density at radius 1 is 1.31 bits per heavy atom. The minimum absolute atomic E-state index is 0.118. The third-order valence-corrected chi connectivity index (χ3v) is 6.30. The van der Waals surface area contributed by atoms with E-state index >= 15 is 0 Å². The Hall–Kier alpha value is -1.66. The van der Waals surface area contributed by atoms with E-state index in [9.17, 15) is 4.79 Å². The molecule has 2 aliphatic rings. The van der Waals surface area contributed by atoms with Gasteiger partial charge in [-0.3, -0.25) is 4.79 Å². The Bertz CT molecular complexity index is 686. The van der Waals surface area contributed by atoms with Crippen molar-refractivity contribution in [1.29, 1.82) is 0 Å². The number of rotatable bonds is 6. The summed E-state index contributed by atoms with van der Waals surface area (Å²) >= 11 is 1.60. The molecule has 1 fully saturated rings. The Kier molecular flexibility index (Phi) is 6.48. The number of amidine groups is 1. The molecule has 26 heavy (non-hydrogen) atoms. The SMILES string of the molecule is CCCN(C[C@H]1CC[C@H](CN)CC1)C(=O)C1=Cc2sccc2N=C(N)C1. The second-order valence-corrected chi connectivity index (χ2v) is 8.44. The third-order valence-electron chi connectivity index (χ3n) is 5.45. The van der Waals surface area contributed by atoms with Gasteiger partial charge in [0.15, 0.2) is 0 Å². The number of aliphatic imine (C=N–C) groups is 1. The lowest BCUT2D eigenvalue weighted by Gasteiger charge is -2.32. The van der Waals surface area contributed by atoms with Gasteiger partial charge < -0.3 is 16.4 Å². The van der Waals surface area contributed by atoms with E-state index in [0.717, 1.165) is 42.2 Å². The fourth-order valence-electron chi connectivity index (χ4n) is 3.96. The van der Waals surface area contributed by atoms with E-state index in [1.807, 2.05) is 22.4 Å². The summed E-state index contributed by atoms with van der Waals surface area (Å²) in [5, 5.41) is 1.99. The first-order valence-corrected chi connectivity index (χ1v) is 10.6. The summed E-state index contributed by atoms with van der Waals surface area (Å²) in [6.45, 7) is 4.55. The highest BCUT2D eigenvalue weighted by Gasteiger charge is 2.26. The zero-order valence-corrected chi connectivity index (χ0v) is 16.4. The Labute approximate surface area is 160 Å². The van der Waals surface area contributed by atoms with Gasteiger partial charge in [-0.25, -0.2) is 4.99 Å². The summed E-state index contributed by atoms with van der Waals surface area (Å²) < 4.78 is 0. The minimum Gasteiger partial charge on any atom is -0.387 e. The number of nitrogens with zero attached hydrogens (tertiary/aromatic N) is 2. The van der Waals surface area contributed by atoms with E-state index < -0.39 is 0 Å². The van der Waals surface area contributed by atoms with Gasteiger partial charge in [0, 0.05) is 25.1 Å². The summed E-state index contributed by atoms with van der Waals surface area (Å²) in [6.07, 6.45) is 8.11.